The van der Waals surface area contributed by atoms with Crippen LogP contribution in [0.15, 0.2) is 24.3 Å². The number of aryl methyl sites for hydroxylation is 3. The van der Waals surface area contributed by atoms with Crippen molar-refractivity contribution in [3.8, 4) is 0 Å². The van der Waals surface area contributed by atoms with E-state index < -0.39 is 0 Å². The highest BCUT2D eigenvalue weighted by atomic mass is 14.2. The summed E-state index contributed by atoms with van der Waals surface area (Å²) >= 11 is 0. The molecule has 0 saturated carbocycles. The van der Waals surface area contributed by atoms with Crippen LogP contribution in [0.3, 0.4) is 0 Å². The van der Waals surface area contributed by atoms with Gasteiger partial charge in [-0.15, -0.1) is 0 Å². The molecule has 0 spiro atoms. The summed E-state index contributed by atoms with van der Waals surface area (Å²) < 4.78 is 0. The quantitative estimate of drug-likeness (QED) is 0.626. The third-order valence-electron chi connectivity index (χ3n) is 4.77. The third kappa shape index (κ3) is 3.43. The maximum Gasteiger partial charge on any atom is -0.00201 e. The summed E-state index contributed by atoms with van der Waals surface area (Å²) in [7, 11) is 0. The van der Waals surface area contributed by atoms with Gasteiger partial charge in [-0.25, -0.2) is 0 Å². The molecule has 0 aromatic heterocycles. The fourth-order valence-corrected chi connectivity index (χ4v) is 3.41. The maximum absolute atomic E-state index is 2.36. The summed E-state index contributed by atoms with van der Waals surface area (Å²) in [5.41, 5.74) is 11.6. The second kappa shape index (κ2) is 5.91. The molecule has 0 radical (unpaired) electrons. The molecule has 0 heterocycles. The Bertz CT molecular complexity index is 697. The van der Waals surface area contributed by atoms with Crippen molar-refractivity contribution in [2.75, 3.05) is 0 Å². The van der Waals surface area contributed by atoms with Crippen LogP contribution in [-0.4, -0.2) is 0 Å². The van der Waals surface area contributed by atoms with Gasteiger partial charge in [-0.2, -0.15) is 0 Å². The monoisotopic (exact) mass is 294 g/mol. The Balaban J connectivity index is 2.54. The van der Waals surface area contributed by atoms with Crippen molar-refractivity contribution in [3.05, 3.63) is 68.8 Å². The van der Waals surface area contributed by atoms with Crippen LogP contribution in [0.1, 0.15) is 65.3 Å². The van der Waals surface area contributed by atoms with Gasteiger partial charge in [0.25, 0.3) is 0 Å². The topological polar surface area (TPSA) is 0 Å². The van der Waals surface area contributed by atoms with Gasteiger partial charge in [0.1, 0.15) is 0 Å². The second-order valence-corrected chi connectivity index (χ2v) is 7.89. The smallest absolute Gasteiger partial charge is 0.00201 e. The summed E-state index contributed by atoms with van der Waals surface area (Å²) in [4.78, 5) is 0. The van der Waals surface area contributed by atoms with Crippen LogP contribution in [0.4, 0.5) is 0 Å². The van der Waals surface area contributed by atoms with Crippen LogP contribution in [0.2, 0.25) is 0 Å². The van der Waals surface area contributed by atoms with Crippen molar-refractivity contribution in [1.29, 1.82) is 0 Å². The molecule has 0 heteroatoms. The van der Waals surface area contributed by atoms with Crippen LogP contribution < -0.4 is 0 Å². The average Bonchev–Trinajstić information content (AvgIpc) is 2.37. The van der Waals surface area contributed by atoms with E-state index in [-0.39, 0.29) is 5.41 Å². The van der Waals surface area contributed by atoms with E-state index >= 15 is 0 Å². The number of hydrogen-bond donors (Lipinski definition) is 0. The van der Waals surface area contributed by atoms with Crippen molar-refractivity contribution in [1.82, 2.24) is 0 Å². The number of benzene rings is 2. The fraction of sp³-hybridized carbons (Fsp3) is 0.455. The Morgan fingerprint density at radius 2 is 1.18 bits per heavy atom. The van der Waals surface area contributed by atoms with E-state index in [4.69, 9.17) is 0 Å². The fourth-order valence-electron chi connectivity index (χ4n) is 3.41. The van der Waals surface area contributed by atoms with Crippen molar-refractivity contribution >= 4 is 0 Å². The van der Waals surface area contributed by atoms with Gasteiger partial charge in [0.15, 0.2) is 0 Å². The standard InChI is InChI=1S/C22H30/c1-14-9-16(3)17(4)19(10-14)13-20-11-15(2)12-21(18(20)5)22(6,7)8/h9-12H,13H2,1-8H3. The van der Waals surface area contributed by atoms with Crippen LogP contribution in [-0.2, 0) is 11.8 Å². The molecule has 2 aromatic rings. The molecule has 0 amide bonds. The highest BCUT2D eigenvalue weighted by Crippen LogP contribution is 2.30. The third-order valence-corrected chi connectivity index (χ3v) is 4.77. The molecule has 0 aliphatic rings. The number of rotatable bonds is 2. The van der Waals surface area contributed by atoms with E-state index in [1.165, 1.54) is 44.5 Å². The highest BCUT2D eigenvalue weighted by molar-refractivity contribution is 5.46. The SMILES string of the molecule is Cc1cc(C)c(C)c(Cc2cc(C)cc(C(C)(C)C)c2C)c1. The molecule has 0 aliphatic carbocycles. The van der Waals surface area contributed by atoms with Gasteiger partial charge < -0.3 is 0 Å². The molecule has 118 valence electrons. The first-order valence-corrected chi connectivity index (χ1v) is 8.27. The Kier molecular flexibility index (Phi) is 4.52. The van der Waals surface area contributed by atoms with Crippen LogP contribution in [0, 0.1) is 34.6 Å². The van der Waals surface area contributed by atoms with Gasteiger partial charge in [0.05, 0.1) is 0 Å². The van der Waals surface area contributed by atoms with Gasteiger partial charge in [0.2, 0.25) is 0 Å². The lowest BCUT2D eigenvalue weighted by Gasteiger charge is -2.25. The first kappa shape index (κ1) is 16.8. The molecule has 0 unspecified atom stereocenters. The molecule has 0 nitrogen and oxygen atoms in total. The van der Waals surface area contributed by atoms with Crippen molar-refractivity contribution in [3.63, 3.8) is 0 Å². The second-order valence-electron chi connectivity index (χ2n) is 7.89. The molecule has 2 aromatic carbocycles. The molecule has 0 fully saturated rings. The lowest BCUT2D eigenvalue weighted by molar-refractivity contribution is 0.584. The van der Waals surface area contributed by atoms with E-state index in [0.717, 1.165) is 6.42 Å². The maximum atomic E-state index is 2.36. The van der Waals surface area contributed by atoms with Gasteiger partial charge in [-0.1, -0.05) is 56.2 Å². The first-order chi connectivity index (χ1) is 10.1. The molecular weight excluding hydrogens is 264 g/mol. The molecule has 0 saturated heterocycles. The van der Waals surface area contributed by atoms with Crippen molar-refractivity contribution in [2.24, 2.45) is 0 Å². The van der Waals surface area contributed by atoms with Crippen molar-refractivity contribution in [2.45, 2.75) is 67.2 Å². The zero-order valence-electron chi connectivity index (χ0n) is 15.5. The normalized spacial score (nSPS) is 11.8. The Hall–Kier alpha value is -1.56. The van der Waals surface area contributed by atoms with E-state index in [0.29, 0.717) is 0 Å². The zero-order valence-corrected chi connectivity index (χ0v) is 15.5. The number of hydrogen-bond acceptors (Lipinski definition) is 0. The molecule has 22 heavy (non-hydrogen) atoms. The molecule has 0 aliphatic heterocycles. The van der Waals surface area contributed by atoms with Crippen molar-refractivity contribution < 1.29 is 0 Å². The Morgan fingerprint density at radius 1 is 0.682 bits per heavy atom. The summed E-state index contributed by atoms with van der Waals surface area (Å²) in [6.45, 7) is 18.1. The minimum absolute atomic E-state index is 0.197. The summed E-state index contributed by atoms with van der Waals surface area (Å²) in [6, 6.07) is 9.35. The minimum Gasteiger partial charge on any atom is -0.0561 e. The molecule has 0 bridgehead atoms. The predicted molar refractivity (Wildman–Crippen MR) is 98.1 cm³/mol. The summed E-state index contributed by atoms with van der Waals surface area (Å²) in [6.07, 6.45) is 1.03. The molecular formula is C22H30. The van der Waals surface area contributed by atoms with Gasteiger partial charge in [0, 0.05) is 0 Å². The zero-order chi connectivity index (χ0) is 16.7. The molecule has 2 rings (SSSR count). The average molecular weight is 294 g/mol. The minimum atomic E-state index is 0.197. The lowest BCUT2D eigenvalue weighted by Crippen LogP contribution is -2.15. The molecule has 0 N–H and O–H groups in total. The van der Waals surface area contributed by atoms with E-state index in [9.17, 15) is 0 Å². The van der Waals surface area contributed by atoms with Crippen LogP contribution >= 0.6 is 0 Å². The Morgan fingerprint density at radius 3 is 1.73 bits per heavy atom. The van der Waals surface area contributed by atoms with Crippen LogP contribution in [0.5, 0.6) is 0 Å². The largest absolute Gasteiger partial charge is 0.0561 e. The highest BCUT2D eigenvalue weighted by Gasteiger charge is 2.19. The van der Waals surface area contributed by atoms with E-state index in [2.05, 4.69) is 79.7 Å². The van der Waals surface area contributed by atoms with E-state index in [1.807, 2.05) is 0 Å². The van der Waals surface area contributed by atoms with Gasteiger partial charge in [-0.05, 0) is 79.8 Å². The van der Waals surface area contributed by atoms with Gasteiger partial charge in [-0.3, -0.25) is 0 Å². The Labute approximate surface area is 136 Å². The van der Waals surface area contributed by atoms with Gasteiger partial charge >= 0.3 is 0 Å². The van der Waals surface area contributed by atoms with Crippen LogP contribution in [0.25, 0.3) is 0 Å². The summed E-state index contributed by atoms with van der Waals surface area (Å²) in [5, 5.41) is 0. The lowest BCUT2D eigenvalue weighted by atomic mass is 9.80. The molecule has 0 atom stereocenters. The van der Waals surface area contributed by atoms with E-state index in [1.54, 1.807) is 0 Å². The first-order valence-electron chi connectivity index (χ1n) is 8.27. The summed E-state index contributed by atoms with van der Waals surface area (Å²) in [5.74, 6) is 0. The predicted octanol–water partition coefficient (Wildman–Crippen LogP) is 6.12.